The molecule has 0 unspecified atom stereocenters. The number of aromatic nitrogens is 2. The number of rotatable bonds is 4. The predicted octanol–water partition coefficient (Wildman–Crippen LogP) is 3.98. The fourth-order valence-electron chi connectivity index (χ4n) is 4.08. The number of nitrogens with one attached hydrogen (secondary N) is 1. The number of carbonyl (C=O) groups excluding carboxylic acids is 1. The number of aryl methyl sites for hydroxylation is 1. The number of benzene rings is 1. The first-order chi connectivity index (χ1) is 16.3. The van der Waals surface area contributed by atoms with Gasteiger partial charge >= 0.3 is 0 Å². The lowest BCUT2D eigenvalue weighted by Gasteiger charge is -2.16. The third-order valence-electron chi connectivity index (χ3n) is 5.69. The van der Waals surface area contributed by atoms with Gasteiger partial charge in [-0.3, -0.25) is 14.2 Å². The maximum absolute atomic E-state index is 14.7. The second-order valence-electron chi connectivity index (χ2n) is 8.09. The van der Waals surface area contributed by atoms with Gasteiger partial charge < -0.3 is 15.3 Å². The van der Waals surface area contributed by atoms with Crippen LogP contribution in [0.3, 0.4) is 0 Å². The van der Waals surface area contributed by atoms with Gasteiger partial charge in [0.25, 0.3) is 11.5 Å². The molecule has 4 heterocycles. The first-order valence-corrected chi connectivity index (χ1v) is 11.5. The minimum atomic E-state index is -0.895. The molecule has 1 aliphatic rings. The van der Waals surface area contributed by atoms with Crippen molar-refractivity contribution < 1.29 is 18.7 Å². The standard InChI is InChI=1S/C24H20F2N4O3S/c1-13-4-2-7-18(27-13)28-20-15-8-9-19(32)30(21-16(25)5-3-6-17(21)26)24(15)34-22(20)23(33)29-11-10-14(31)12-29/h2-9,14,31H,10-12H2,1H3,(H,27,28)/t14-/m1/s1. The SMILES string of the molecule is Cc1cccc(Nc2c(C(=O)N3CC[C@@H](O)C3)sc3c2ccc(=O)n3-c2c(F)cccc2F)n1. The van der Waals surface area contributed by atoms with Crippen LogP contribution in [0.4, 0.5) is 20.3 Å². The first-order valence-electron chi connectivity index (χ1n) is 10.6. The van der Waals surface area contributed by atoms with E-state index in [-0.39, 0.29) is 22.2 Å². The summed E-state index contributed by atoms with van der Waals surface area (Å²) in [7, 11) is 0. The van der Waals surface area contributed by atoms with Crippen molar-refractivity contribution in [3.63, 3.8) is 0 Å². The number of nitrogens with zero attached hydrogens (tertiary/aromatic N) is 3. The van der Waals surface area contributed by atoms with Crippen LogP contribution in [0.2, 0.25) is 0 Å². The topological polar surface area (TPSA) is 87.5 Å². The van der Waals surface area contributed by atoms with Crippen LogP contribution in [-0.4, -0.2) is 44.7 Å². The normalized spacial score (nSPS) is 15.8. The van der Waals surface area contributed by atoms with Crippen LogP contribution in [0.25, 0.3) is 15.9 Å². The predicted molar refractivity (Wildman–Crippen MR) is 126 cm³/mol. The van der Waals surface area contributed by atoms with E-state index in [0.29, 0.717) is 29.9 Å². The number of likely N-dealkylation sites (tertiary alicyclic amines) is 1. The maximum atomic E-state index is 14.7. The van der Waals surface area contributed by atoms with Crippen LogP contribution < -0.4 is 10.9 Å². The Hall–Kier alpha value is -3.63. The van der Waals surface area contributed by atoms with Crippen molar-refractivity contribution in [3.8, 4) is 5.69 Å². The Morgan fingerprint density at radius 2 is 1.88 bits per heavy atom. The zero-order chi connectivity index (χ0) is 24.0. The van der Waals surface area contributed by atoms with Gasteiger partial charge in [-0.05, 0) is 43.7 Å². The molecule has 10 heteroatoms. The lowest BCUT2D eigenvalue weighted by atomic mass is 10.2. The van der Waals surface area contributed by atoms with Crippen LogP contribution in [0, 0.1) is 18.6 Å². The molecule has 1 aliphatic heterocycles. The van der Waals surface area contributed by atoms with Crippen molar-refractivity contribution in [2.75, 3.05) is 18.4 Å². The quantitative estimate of drug-likeness (QED) is 0.460. The van der Waals surface area contributed by atoms with E-state index in [2.05, 4.69) is 10.3 Å². The summed E-state index contributed by atoms with van der Waals surface area (Å²) in [6.45, 7) is 2.39. The number of aliphatic hydroxyl groups is 1. The van der Waals surface area contributed by atoms with Gasteiger partial charge in [0.2, 0.25) is 0 Å². The molecule has 1 fully saturated rings. The molecule has 34 heavy (non-hydrogen) atoms. The summed E-state index contributed by atoms with van der Waals surface area (Å²) in [4.78, 5) is 32.7. The smallest absolute Gasteiger partial charge is 0.266 e. The number of halogens is 2. The third kappa shape index (κ3) is 3.84. The maximum Gasteiger partial charge on any atom is 0.266 e. The Balaban J connectivity index is 1.75. The van der Waals surface area contributed by atoms with E-state index in [1.807, 2.05) is 19.1 Å². The third-order valence-corrected chi connectivity index (χ3v) is 6.87. The molecule has 4 aromatic rings. The molecule has 1 aromatic carbocycles. The lowest BCUT2D eigenvalue weighted by Crippen LogP contribution is -2.29. The average molecular weight is 483 g/mol. The molecular weight excluding hydrogens is 462 g/mol. The largest absolute Gasteiger partial charge is 0.391 e. The number of hydrogen-bond acceptors (Lipinski definition) is 6. The molecule has 0 spiro atoms. The Morgan fingerprint density at radius 1 is 1.15 bits per heavy atom. The Labute approximate surface area is 196 Å². The Bertz CT molecular complexity index is 1460. The number of β-amino-alcohol motifs (C(OH)–C–C–N with tert-alkyl or cyclic N) is 1. The van der Waals surface area contributed by atoms with E-state index in [9.17, 15) is 23.5 Å². The molecular formula is C24H20F2N4O3S. The van der Waals surface area contributed by atoms with Crippen LogP contribution in [0.15, 0.2) is 53.3 Å². The van der Waals surface area contributed by atoms with Crippen molar-refractivity contribution in [2.24, 2.45) is 0 Å². The molecule has 5 rings (SSSR count). The molecule has 0 radical (unpaired) electrons. The van der Waals surface area contributed by atoms with E-state index < -0.39 is 29.0 Å². The number of fused-ring (bicyclic) bond motifs is 1. The Kier molecular flexibility index (Phi) is 5.62. The number of carbonyl (C=O) groups is 1. The molecule has 174 valence electrons. The first kappa shape index (κ1) is 22.2. The Morgan fingerprint density at radius 3 is 2.56 bits per heavy atom. The molecule has 0 bridgehead atoms. The van der Waals surface area contributed by atoms with Crippen molar-refractivity contribution >= 4 is 39.0 Å². The van der Waals surface area contributed by atoms with Crippen LogP contribution in [0.1, 0.15) is 21.8 Å². The monoisotopic (exact) mass is 482 g/mol. The highest BCUT2D eigenvalue weighted by molar-refractivity contribution is 7.21. The van der Waals surface area contributed by atoms with Crippen LogP contribution in [0.5, 0.6) is 0 Å². The number of hydrogen-bond donors (Lipinski definition) is 2. The van der Waals surface area contributed by atoms with Crippen molar-refractivity contribution in [3.05, 3.63) is 81.1 Å². The van der Waals surface area contributed by atoms with Gasteiger partial charge in [0.1, 0.15) is 32.8 Å². The molecule has 1 amide bonds. The molecule has 1 saturated heterocycles. The summed E-state index contributed by atoms with van der Waals surface area (Å²) in [5.41, 5.74) is 0.00384. The van der Waals surface area contributed by atoms with Gasteiger partial charge in [-0.2, -0.15) is 0 Å². The van der Waals surface area contributed by atoms with Gasteiger partial charge in [0, 0.05) is 30.2 Å². The molecule has 1 atom stereocenters. The van der Waals surface area contributed by atoms with Gasteiger partial charge in [-0.15, -0.1) is 11.3 Å². The van der Waals surface area contributed by atoms with E-state index in [1.165, 1.54) is 23.1 Å². The van der Waals surface area contributed by atoms with Gasteiger partial charge in [0.05, 0.1) is 11.8 Å². The number of para-hydroxylation sites is 1. The molecule has 7 nitrogen and oxygen atoms in total. The summed E-state index contributed by atoms with van der Waals surface area (Å²) in [6.07, 6.45) is -0.150. The van der Waals surface area contributed by atoms with E-state index in [4.69, 9.17) is 0 Å². The zero-order valence-corrected chi connectivity index (χ0v) is 18.9. The summed E-state index contributed by atoms with van der Waals surface area (Å²) < 4.78 is 30.3. The van der Waals surface area contributed by atoms with E-state index >= 15 is 0 Å². The van der Waals surface area contributed by atoms with Crippen LogP contribution in [-0.2, 0) is 0 Å². The average Bonchev–Trinajstić information content (AvgIpc) is 3.38. The number of amides is 1. The highest BCUT2D eigenvalue weighted by Crippen LogP contribution is 2.39. The van der Waals surface area contributed by atoms with Gasteiger partial charge in [-0.25, -0.2) is 13.8 Å². The van der Waals surface area contributed by atoms with Crippen molar-refractivity contribution in [1.82, 2.24) is 14.5 Å². The highest BCUT2D eigenvalue weighted by atomic mass is 32.1. The summed E-state index contributed by atoms with van der Waals surface area (Å²) >= 11 is 0.963. The van der Waals surface area contributed by atoms with Gasteiger partial charge in [0.15, 0.2) is 0 Å². The summed E-state index contributed by atoms with van der Waals surface area (Å²) in [5.74, 6) is -1.66. The van der Waals surface area contributed by atoms with E-state index in [0.717, 1.165) is 33.7 Å². The fraction of sp³-hybridized carbons (Fsp3) is 0.208. The molecule has 0 aliphatic carbocycles. The fourth-order valence-corrected chi connectivity index (χ4v) is 5.31. The second kappa shape index (κ2) is 8.62. The second-order valence-corrected chi connectivity index (χ2v) is 9.08. The zero-order valence-electron chi connectivity index (χ0n) is 18.1. The summed E-state index contributed by atoms with van der Waals surface area (Å²) in [6, 6.07) is 11.5. The van der Waals surface area contributed by atoms with Crippen molar-refractivity contribution in [2.45, 2.75) is 19.4 Å². The molecule has 2 N–H and O–H groups in total. The minimum Gasteiger partial charge on any atom is -0.391 e. The highest BCUT2D eigenvalue weighted by Gasteiger charge is 2.30. The van der Waals surface area contributed by atoms with E-state index in [1.54, 1.807) is 6.07 Å². The number of thiophene rings is 1. The summed E-state index contributed by atoms with van der Waals surface area (Å²) in [5, 5.41) is 13.5. The lowest BCUT2D eigenvalue weighted by molar-refractivity contribution is 0.0770. The number of anilines is 2. The number of pyridine rings is 2. The molecule has 0 saturated carbocycles. The minimum absolute atomic E-state index is 0.184. The van der Waals surface area contributed by atoms with Crippen LogP contribution >= 0.6 is 11.3 Å². The molecule has 3 aromatic heterocycles. The van der Waals surface area contributed by atoms with Crippen molar-refractivity contribution in [1.29, 1.82) is 0 Å². The van der Waals surface area contributed by atoms with Gasteiger partial charge in [-0.1, -0.05) is 12.1 Å². The number of aliphatic hydroxyl groups excluding tert-OH is 1.